The molecule has 1 saturated heterocycles. The summed E-state index contributed by atoms with van der Waals surface area (Å²) in [4.78, 5) is 4.16. The quantitative estimate of drug-likeness (QED) is 0.792. The van der Waals surface area contributed by atoms with Gasteiger partial charge >= 0.3 is 0 Å². The van der Waals surface area contributed by atoms with Crippen molar-refractivity contribution in [2.45, 2.75) is 32.2 Å². The molecule has 4 heteroatoms. The summed E-state index contributed by atoms with van der Waals surface area (Å²) in [6.07, 6.45) is 4.07. The van der Waals surface area contributed by atoms with Gasteiger partial charge in [0.25, 0.3) is 0 Å². The molecule has 0 aromatic carbocycles. The molecule has 0 aliphatic carbocycles. The summed E-state index contributed by atoms with van der Waals surface area (Å²) in [5.74, 6) is 1.13. The molecule has 2 N–H and O–H groups in total. The molecule has 1 unspecified atom stereocenters. The van der Waals surface area contributed by atoms with E-state index in [1.165, 1.54) is 5.69 Å². The molecular weight excluding hydrogens is 178 g/mol. The van der Waals surface area contributed by atoms with Gasteiger partial charge in [-0.2, -0.15) is 0 Å². The van der Waals surface area contributed by atoms with Crippen LogP contribution in [-0.2, 0) is 11.3 Å². The van der Waals surface area contributed by atoms with Crippen molar-refractivity contribution in [3.8, 4) is 0 Å². The molecule has 0 radical (unpaired) electrons. The Balaban J connectivity index is 2.22. The summed E-state index contributed by atoms with van der Waals surface area (Å²) in [5.41, 5.74) is 7.04. The minimum atomic E-state index is 0.492. The summed E-state index contributed by atoms with van der Waals surface area (Å²) in [5, 5.41) is 0. The molecule has 0 bridgehead atoms. The van der Waals surface area contributed by atoms with Crippen molar-refractivity contribution in [2.75, 3.05) is 18.9 Å². The first kappa shape index (κ1) is 9.52. The lowest BCUT2D eigenvalue weighted by Crippen LogP contribution is -2.10. The fourth-order valence-electron chi connectivity index (χ4n) is 1.96. The Bertz CT molecular complexity index is 302. The summed E-state index contributed by atoms with van der Waals surface area (Å²) >= 11 is 0. The first-order valence-corrected chi connectivity index (χ1v) is 5.21. The van der Waals surface area contributed by atoms with E-state index in [0.717, 1.165) is 32.6 Å². The summed E-state index contributed by atoms with van der Waals surface area (Å²) in [6, 6.07) is 0. The molecule has 0 amide bonds. The minimum Gasteiger partial charge on any atom is -0.381 e. The molecule has 1 fully saturated rings. The number of hydrogen-bond acceptors (Lipinski definition) is 3. The van der Waals surface area contributed by atoms with E-state index in [1.54, 1.807) is 0 Å². The molecule has 2 rings (SSSR count). The van der Waals surface area contributed by atoms with Crippen molar-refractivity contribution < 1.29 is 4.74 Å². The Kier molecular flexibility index (Phi) is 2.72. The summed E-state index contributed by atoms with van der Waals surface area (Å²) in [6.45, 7) is 4.78. The van der Waals surface area contributed by atoms with Crippen LogP contribution in [0.2, 0.25) is 0 Å². The highest BCUT2D eigenvalue weighted by Crippen LogP contribution is 2.26. The SMILES string of the molecule is CCCn1c(C2CCOC2)cnc1N. The Morgan fingerprint density at radius 2 is 2.57 bits per heavy atom. The van der Waals surface area contributed by atoms with E-state index in [-0.39, 0.29) is 0 Å². The smallest absolute Gasteiger partial charge is 0.200 e. The Morgan fingerprint density at radius 1 is 1.71 bits per heavy atom. The van der Waals surface area contributed by atoms with Crippen molar-refractivity contribution in [3.05, 3.63) is 11.9 Å². The highest BCUT2D eigenvalue weighted by atomic mass is 16.5. The van der Waals surface area contributed by atoms with Gasteiger partial charge in [0.15, 0.2) is 5.95 Å². The highest BCUT2D eigenvalue weighted by Gasteiger charge is 2.22. The molecule has 4 nitrogen and oxygen atoms in total. The fourth-order valence-corrected chi connectivity index (χ4v) is 1.96. The van der Waals surface area contributed by atoms with Gasteiger partial charge in [-0.1, -0.05) is 6.92 Å². The average Bonchev–Trinajstić information content (AvgIpc) is 2.77. The Morgan fingerprint density at radius 3 is 3.21 bits per heavy atom. The van der Waals surface area contributed by atoms with Crippen LogP contribution in [0.5, 0.6) is 0 Å². The zero-order chi connectivity index (χ0) is 9.97. The molecule has 78 valence electrons. The van der Waals surface area contributed by atoms with E-state index in [4.69, 9.17) is 10.5 Å². The summed E-state index contributed by atoms with van der Waals surface area (Å²) in [7, 11) is 0. The molecule has 1 aliphatic heterocycles. The highest BCUT2D eigenvalue weighted by molar-refractivity contribution is 5.25. The number of hydrogen-bond donors (Lipinski definition) is 1. The normalized spacial score (nSPS) is 21.6. The third-order valence-electron chi connectivity index (χ3n) is 2.71. The van der Waals surface area contributed by atoms with Crippen molar-refractivity contribution in [1.29, 1.82) is 0 Å². The van der Waals surface area contributed by atoms with Crippen molar-refractivity contribution in [1.82, 2.24) is 9.55 Å². The standard InChI is InChI=1S/C10H17N3O/c1-2-4-13-9(6-12-10(13)11)8-3-5-14-7-8/h6,8H,2-5,7H2,1H3,(H2,11,12). The predicted octanol–water partition coefficient (Wildman–Crippen LogP) is 1.38. The first-order chi connectivity index (χ1) is 6.83. The van der Waals surface area contributed by atoms with Crippen LogP contribution in [0.25, 0.3) is 0 Å². The maximum atomic E-state index is 5.81. The number of rotatable bonds is 3. The van der Waals surface area contributed by atoms with Crippen LogP contribution in [-0.4, -0.2) is 22.8 Å². The van der Waals surface area contributed by atoms with E-state index < -0.39 is 0 Å². The monoisotopic (exact) mass is 195 g/mol. The van der Waals surface area contributed by atoms with Crippen molar-refractivity contribution >= 4 is 5.95 Å². The molecule has 0 saturated carbocycles. The molecule has 14 heavy (non-hydrogen) atoms. The van der Waals surface area contributed by atoms with Gasteiger partial charge in [0, 0.05) is 24.8 Å². The van der Waals surface area contributed by atoms with Gasteiger partial charge in [-0.25, -0.2) is 4.98 Å². The zero-order valence-electron chi connectivity index (χ0n) is 8.57. The van der Waals surface area contributed by atoms with E-state index in [1.807, 2.05) is 6.20 Å². The third-order valence-corrected chi connectivity index (χ3v) is 2.71. The average molecular weight is 195 g/mol. The number of nitrogens with zero attached hydrogens (tertiary/aromatic N) is 2. The van der Waals surface area contributed by atoms with Gasteiger partial charge in [-0.05, 0) is 12.8 Å². The van der Waals surface area contributed by atoms with Gasteiger partial charge in [-0.15, -0.1) is 0 Å². The van der Waals surface area contributed by atoms with E-state index in [0.29, 0.717) is 11.9 Å². The van der Waals surface area contributed by atoms with Gasteiger partial charge < -0.3 is 15.0 Å². The van der Waals surface area contributed by atoms with Crippen molar-refractivity contribution in [2.24, 2.45) is 0 Å². The number of anilines is 1. The van der Waals surface area contributed by atoms with E-state index in [2.05, 4.69) is 16.5 Å². The first-order valence-electron chi connectivity index (χ1n) is 5.21. The maximum absolute atomic E-state index is 5.81. The van der Waals surface area contributed by atoms with Crippen LogP contribution in [0, 0.1) is 0 Å². The number of nitrogen functional groups attached to an aromatic ring is 1. The zero-order valence-corrected chi connectivity index (χ0v) is 8.57. The second-order valence-corrected chi connectivity index (χ2v) is 3.75. The lowest BCUT2D eigenvalue weighted by atomic mass is 10.1. The third kappa shape index (κ3) is 1.62. The fraction of sp³-hybridized carbons (Fsp3) is 0.700. The van der Waals surface area contributed by atoms with Crippen LogP contribution in [0.4, 0.5) is 5.95 Å². The molecule has 1 atom stereocenters. The second-order valence-electron chi connectivity index (χ2n) is 3.75. The van der Waals surface area contributed by atoms with Crippen LogP contribution >= 0.6 is 0 Å². The molecule has 2 heterocycles. The maximum Gasteiger partial charge on any atom is 0.200 e. The van der Waals surface area contributed by atoms with E-state index in [9.17, 15) is 0 Å². The predicted molar refractivity (Wildman–Crippen MR) is 55.1 cm³/mol. The van der Waals surface area contributed by atoms with Crippen LogP contribution in [0.15, 0.2) is 6.20 Å². The number of nitrogens with two attached hydrogens (primary N) is 1. The van der Waals surface area contributed by atoms with Crippen molar-refractivity contribution in [3.63, 3.8) is 0 Å². The number of ether oxygens (including phenoxy) is 1. The summed E-state index contributed by atoms with van der Waals surface area (Å²) < 4.78 is 7.48. The largest absolute Gasteiger partial charge is 0.381 e. The van der Waals surface area contributed by atoms with Crippen LogP contribution in [0.3, 0.4) is 0 Å². The van der Waals surface area contributed by atoms with Crippen LogP contribution in [0.1, 0.15) is 31.4 Å². The van der Waals surface area contributed by atoms with Gasteiger partial charge in [0.2, 0.25) is 0 Å². The van der Waals surface area contributed by atoms with Gasteiger partial charge in [-0.3, -0.25) is 0 Å². The lowest BCUT2D eigenvalue weighted by molar-refractivity contribution is 0.193. The Labute approximate surface area is 84.1 Å². The van der Waals surface area contributed by atoms with Gasteiger partial charge in [0.1, 0.15) is 0 Å². The van der Waals surface area contributed by atoms with Crippen LogP contribution < -0.4 is 5.73 Å². The molecule has 1 aliphatic rings. The van der Waals surface area contributed by atoms with E-state index >= 15 is 0 Å². The molecular formula is C10H17N3O. The topological polar surface area (TPSA) is 53.1 Å². The molecule has 1 aromatic rings. The lowest BCUT2D eigenvalue weighted by Gasteiger charge is -2.12. The number of aromatic nitrogens is 2. The number of imidazole rings is 1. The Hall–Kier alpha value is -1.03. The van der Waals surface area contributed by atoms with Gasteiger partial charge in [0.05, 0.1) is 12.8 Å². The molecule has 1 aromatic heterocycles. The second kappa shape index (κ2) is 4.00. The minimum absolute atomic E-state index is 0.492. The molecule has 0 spiro atoms.